The number of hydrogen-bond acceptors (Lipinski definition) is 24. The highest BCUT2D eigenvalue weighted by molar-refractivity contribution is 7.91. The fourth-order valence-electron chi connectivity index (χ4n) is 14.5. The number of likely N-dealkylation sites (tertiary alicyclic amines) is 2. The second kappa shape index (κ2) is 32.7. The number of esters is 2. The van der Waals surface area contributed by atoms with Crippen LogP contribution in [0.1, 0.15) is 155 Å². The Kier molecular flexibility index (Phi) is 24.5. The Morgan fingerprint density at radius 1 is 0.518 bits per heavy atom. The van der Waals surface area contributed by atoms with Gasteiger partial charge in [0.2, 0.25) is 55.4 Å². The number of ether oxygens (including phenoxy) is 6. The average Bonchev–Trinajstić information content (AvgIpc) is 1.55. The van der Waals surface area contributed by atoms with Crippen LogP contribution in [0.4, 0.5) is 11.4 Å². The molecule has 4 aliphatic carbocycles. The van der Waals surface area contributed by atoms with Crippen molar-refractivity contribution in [2.24, 2.45) is 22.7 Å². The predicted molar refractivity (Wildman–Crippen MR) is 431 cm³/mol. The Morgan fingerprint density at radius 3 is 1.15 bits per heavy atom. The molecule has 612 valence electrons. The molecule has 0 bridgehead atoms. The highest BCUT2D eigenvalue weighted by Gasteiger charge is 2.69. The van der Waals surface area contributed by atoms with Crippen molar-refractivity contribution in [1.82, 2.24) is 39.8 Å². The molecule has 2 aromatic heterocycles. The number of aromatic nitrogens is 2. The summed E-state index contributed by atoms with van der Waals surface area (Å²) in [7, 11) is -4.82. The Labute approximate surface area is 674 Å². The van der Waals surface area contributed by atoms with Crippen LogP contribution in [-0.4, -0.2) is 180 Å². The molecule has 6 N–H and O–H groups in total. The van der Waals surface area contributed by atoms with Crippen LogP contribution in [0, 0.1) is 22.7 Å². The molecule has 6 amide bonds. The summed E-state index contributed by atoms with van der Waals surface area (Å²) < 4.78 is 91.4. The van der Waals surface area contributed by atoms with E-state index in [-0.39, 0.29) is 50.5 Å². The van der Waals surface area contributed by atoms with Gasteiger partial charge in [0.05, 0.1) is 60.3 Å². The van der Waals surface area contributed by atoms with Gasteiger partial charge in [0.15, 0.2) is 0 Å². The summed E-state index contributed by atoms with van der Waals surface area (Å²) in [6, 6.07) is 19.3. The summed E-state index contributed by atoms with van der Waals surface area (Å²) in [5.41, 5.74) is -3.91. The third-order valence-corrected chi connectivity index (χ3v) is 24.9. The van der Waals surface area contributed by atoms with Crippen LogP contribution >= 0.6 is 23.2 Å². The molecule has 2 aliphatic heterocycles. The van der Waals surface area contributed by atoms with Gasteiger partial charge in [0, 0.05) is 80.7 Å². The lowest BCUT2D eigenvalue weighted by molar-refractivity contribution is -0.138. The first-order chi connectivity index (χ1) is 53.3. The van der Waals surface area contributed by atoms with Gasteiger partial charge in [0.1, 0.15) is 58.1 Å². The van der Waals surface area contributed by atoms with E-state index in [9.17, 15) is 55.2 Å². The van der Waals surface area contributed by atoms with E-state index in [0.29, 0.717) is 91.3 Å². The lowest BCUT2D eigenvalue weighted by atomic mass is 9.85. The molecule has 6 aliphatic rings. The number of sulfonamides is 2. The number of fused-ring (bicyclic) bond motifs is 2. The largest absolute Gasteiger partial charge is 0.494 e. The highest BCUT2D eigenvalue weighted by atomic mass is 35.5. The van der Waals surface area contributed by atoms with Gasteiger partial charge in [-0.2, -0.15) is 0 Å². The molecule has 114 heavy (non-hydrogen) atoms. The van der Waals surface area contributed by atoms with Crippen molar-refractivity contribution in [3.63, 3.8) is 0 Å². The second-order valence-electron chi connectivity index (χ2n) is 34.0. The Morgan fingerprint density at radius 2 is 0.860 bits per heavy atom. The molecular weight excluding hydrogens is 1550 g/mol. The second-order valence-corrected chi connectivity index (χ2v) is 38.8. The number of rotatable bonds is 26. The summed E-state index contributed by atoms with van der Waals surface area (Å²) >= 11 is 12.7. The molecule has 0 spiro atoms. The highest BCUT2D eigenvalue weighted by Crippen LogP contribution is 2.55. The third-order valence-electron chi connectivity index (χ3n) is 20.8. The van der Waals surface area contributed by atoms with Gasteiger partial charge in [-0.05, 0) is 176 Å². The van der Waals surface area contributed by atoms with Crippen LogP contribution in [0.2, 0.25) is 10.0 Å². The van der Waals surface area contributed by atoms with Gasteiger partial charge in [-0.25, -0.2) is 36.4 Å². The SMILES string of the molecule is C=C[C@@H]1C[C@@]1(C(=O)NS(=O)(=O)C1CC1)N1CC(Oc2ncc(OC)c3ccc(Cl)cc23)C[C@H]1C(=O)NC(=O)[C@H](Nc1ccc(C(=O)OC(C)(C)C)cc1)C(C)(C)C.C=C[C@@H]1C[C@@]1(C(=O)NS(=O)(=O)C1CC1)N1C[C@H](Oc2ncc(OC)c3ccc(Cl)cc23)C[C@H]1C(=O)NC(=O)[C@@H](Nc1ccc(C(=O)OC(C)(C)C)cc1)C(C)(C)C. The molecule has 2 saturated heterocycles. The maximum Gasteiger partial charge on any atom is 0.338 e. The molecule has 4 aromatic carbocycles. The van der Waals surface area contributed by atoms with E-state index in [4.69, 9.17) is 51.6 Å². The predicted octanol–water partition coefficient (Wildman–Crippen LogP) is 10.8. The first kappa shape index (κ1) is 85.4. The van der Waals surface area contributed by atoms with Crippen molar-refractivity contribution in [3.05, 3.63) is 144 Å². The topological polar surface area (TPSA) is 365 Å². The molecule has 4 saturated carbocycles. The lowest BCUT2D eigenvalue weighted by Gasteiger charge is -2.34. The number of benzene rings is 4. The molecular formula is C82H100Cl2N10O18S2. The van der Waals surface area contributed by atoms with E-state index in [0.717, 1.165) is 0 Å². The van der Waals surface area contributed by atoms with Crippen molar-refractivity contribution < 1.29 is 83.6 Å². The van der Waals surface area contributed by atoms with E-state index in [2.05, 4.69) is 53.8 Å². The molecule has 28 nitrogen and oxygen atoms in total. The van der Waals surface area contributed by atoms with E-state index in [1.165, 1.54) is 26.6 Å². The normalized spacial score (nSPS) is 22.9. The van der Waals surface area contributed by atoms with Gasteiger partial charge in [-0.3, -0.25) is 58.6 Å². The van der Waals surface area contributed by atoms with Crippen LogP contribution in [0.25, 0.3) is 21.5 Å². The number of amides is 6. The molecule has 32 heteroatoms. The zero-order valence-corrected chi connectivity index (χ0v) is 69.5. The quantitative estimate of drug-likeness (QED) is 0.0217. The zero-order valence-electron chi connectivity index (χ0n) is 66.4. The molecule has 4 heterocycles. The first-order valence-electron chi connectivity index (χ1n) is 37.7. The van der Waals surface area contributed by atoms with Crippen LogP contribution in [0.3, 0.4) is 0 Å². The number of carbonyl (C=O) groups excluding carboxylic acids is 8. The smallest absolute Gasteiger partial charge is 0.338 e. The summed E-state index contributed by atoms with van der Waals surface area (Å²) in [5, 5.41) is 13.7. The van der Waals surface area contributed by atoms with Gasteiger partial charge in [0.25, 0.3) is 11.8 Å². The van der Waals surface area contributed by atoms with Crippen molar-refractivity contribution in [2.45, 2.75) is 204 Å². The van der Waals surface area contributed by atoms with Gasteiger partial charge in [-0.15, -0.1) is 13.2 Å². The monoisotopic (exact) mass is 1650 g/mol. The number of nitrogens with one attached hydrogen (secondary N) is 6. The third kappa shape index (κ3) is 19.2. The van der Waals surface area contributed by atoms with Gasteiger partial charge >= 0.3 is 11.9 Å². The summed E-state index contributed by atoms with van der Waals surface area (Å²) in [5.74, 6) is -4.66. The number of carbonyl (C=O) groups is 8. The van der Waals surface area contributed by atoms with E-state index in [1.807, 2.05) is 41.5 Å². The first-order valence-corrected chi connectivity index (χ1v) is 41.6. The minimum atomic E-state index is -3.93. The number of imide groups is 2. The van der Waals surface area contributed by atoms with Crippen LogP contribution in [0.5, 0.6) is 23.3 Å². The molecule has 6 fully saturated rings. The molecule has 1 unspecified atom stereocenters. The Bertz CT molecular complexity index is 4710. The maximum atomic E-state index is 14.4. The van der Waals surface area contributed by atoms with Gasteiger partial charge in [-0.1, -0.05) is 76.9 Å². The molecule has 10 atom stereocenters. The number of methoxy groups -OCH3 is 2. The maximum absolute atomic E-state index is 14.4. The lowest BCUT2D eigenvalue weighted by Crippen LogP contribution is -2.59. The Hall–Kier alpha value is -9.46. The van der Waals surface area contributed by atoms with E-state index >= 15 is 0 Å². The number of halogens is 2. The van der Waals surface area contributed by atoms with Crippen molar-refractivity contribution in [2.75, 3.05) is 37.9 Å². The van der Waals surface area contributed by atoms with E-state index < -0.39 is 159 Å². The fourth-order valence-corrected chi connectivity index (χ4v) is 17.6. The van der Waals surface area contributed by atoms with E-state index in [1.54, 1.807) is 148 Å². The summed E-state index contributed by atoms with van der Waals surface area (Å²) in [6.45, 7) is 29.5. The molecule has 0 radical (unpaired) electrons. The Balaban J connectivity index is 0.000000225. The summed E-state index contributed by atoms with van der Waals surface area (Å²) in [6.07, 6.45) is 7.02. The number of pyridine rings is 2. The van der Waals surface area contributed by atoms with Crippen LogP contribution in [0.15, 0.2) is 123 Å². The van der Waals surface area contributed by atoms with Crippen molar-refractivity contribution in [1.29, 1.82) is 0 Å². The summed E-state index contributed by atoms with van der Waals surface area (Å²) in [4.78, 5) is 122. The van der Waals surface area contributed by atoms with Gasteiger partial charge < -0.3 is 39.1 Å². The minimum Gasteiger partial charge on any atom is -0.494 e. The van der Waals surface area contributed by atoms with Crippen molar-refractivity contribution in [3.8, 4) is 23.3 Å². The molecule has 6 aromatic rings. The standard InChI is InChI=1S/2C41H50ClN5O9S/c2*1-9-24-20-41(24,38(51)46-57(52,53)28-15-16-28)47-22-27(55-36-30-18-25(42)12-17-29(30)32(54-8)21-43-36)19-31(47)34(48)45-35(49)33(39(2,3)4)44-26-13-10-23(11-14-26)37(50)56-40(5,6)7/h2*9-14,17-18,21,24,27-28,31,33,44H,1,15-16,19-20,22H2,2-8H3,(H,46,51)(H,45,48,49)/t24-,27?,31+,33+,41-;24-,27-,31+,33-,41-/m11/s1. The zero-order chi connectivity index (χ0) is 83.3. The molecule has 12 rings (SSSR count). The average molecular weight is 1650 g/mol. The number of hydrogen-bond donors (Lipinski definition) is 6. The number of anilines is 2. The van der Waals surface area contributed by atoms with Crippen molar-refractivity contribution >= 4 is 124 Å². The minimum absolute atomic E-state index is 0.0221. The van der Waals surface area contributed by atoms with Crippen LogP contribution < -0.4 is 49.7 Å². The number of nitrogens with zero attached hydrogens (tertiary/aromatic N) is 4. The fraction of sp³-hybridized carbons (Fsp3) is 0.488. The van der Waals surface area contributed by atoms with Crippen LogP contribution in [-0.2, 0) is 58.3 Å².